The van der Waals surface area contributed by atoms with Crippen molar-refractivity contribution in [2.24, 2.45) is 0 Å². The second kappa shape index (κ2) is 11.3. The van der Waals surface area contributed by atoms with E-state index in [1.54, 1.807) is 42.5 Å². The highest BCUT2D eigenvalue weighted by Gasteiger charge is 2.36. The predicted octanol–water partition coefficient (Wildman–Crippen LogP) is 5.98. The van der Waals surface area contributed by atoms with E-state index < -0.39 is 17.8 Å². The highest BCUT2D eigenvalue weighted by molar-refractivity contribution is 6.39. The normalized spacial score (nSPS) is 14.5. The second-order valence-electron chi connectivity index (χ2n) is 8.06. The van der Waals surface area contributed by atoms with Gasteiger partial charge in [-0.15, -0.1) is 6.58 Å². The van der Waals surface area contributed by atoms with E-state index in [4.69, 9.17) is 32.7 Å². The summed E-state index contributed by atoms with van der Waals surface area (Å²) in [6, 6.07) is 16.0. The molecule has 3 aromatic rings. The SMILES string of the molecule is C=CCc1cc(/C=C2\C(=O)NC(=O)N(c3ccc(Cl)cc3)C2=O)cc(OC)c1OCc1cccc(Cl)c1. The third-order valence-electron chi connectivity index (χ3n) is 5.51. The first-order chi connectivity index (χ1) is 17.8. The monoisotopic (exact) mass is 536 g/mol. The van der Waals surface area contributed by atoms with Crippen LogP contribution in [0.3, 0.4) is 0 Å². The molecule has 37 heavy (non-hydrogen) atoms. The molecule has 188 valence electrons. The largest absolute Gasteiger partial charge is 0.493 e. The first-order valence-electron chi connectivity index (χ1n) is 11.2. The van der Waals surface area contributed by atoms with Gasteiger partial charge in [-0.2, -0.15) is 0 Å². The van der Waals surface area contributed by atoms with Gasteiger partial charge in [0.1, 0.15) is 12.2 Å². The highest BCUT2D eigenvalue weighted by atomic mass is 35.5. The lowest BCUT2D eigenvalue weighted by Crippen LogP contribution is -2.54. The van der Waals surface area contributed by atoms with E-state index in [2.05, 4.69) is 11.9 Å². The van der Waals surface area contributed by atoms with Crippen molar-refractivity contribution < 1.29 is 23.9 Å². The van der Waals surface area contributed by atoms with Crippen LogP contribution in [0, 0.1) is 0 Å². The van der Waals surface area contributed by atoms with Crippen LogP contribution in [-0.4, -0.2) is 25.0 Å². The molecule has 4 amide bonds. The number of anilines is 1. The molecule has 0 aliphatic carbocycles. The van der Waals surface area contributed by atoms with Gasteiger partial charge >= 0.3 is 6.03 Å². The highest BCUT2D eigenvalue weighted by Crippen LogP contribution is 2.35. The van der Waals surface area contributed by atoms with E-state index in [-0.39, 0.29) is 17.9 Å². The van der Waals surface area contributed by atoms with Gasteiger partial charge in [-0.25, -0.2) is 9.69 Å². The summed E-state index contributed by atoms with van der Waals surface area (Å²) in [7, 11) is 1.50. The quantitative estimate of drug-likeness (QED) is 0.217. The minimum Gasteiger partial charge on any atom is -0.493 e. The number of allylic oxidation sites excluding steroid dienone is 1. The number of hydrogen-bond donors (Lipinski definition) is 1. The Bertz CT molecular complexity index is 1420. The molecule has 0 saturated carbocycles. The van der Waals surface area contributed by atoms with Crippen LogP contribution >= 0.6 is 23.2 Å². The number of nitrogens with zero attached hydrogens (tertiary/aromatic N) is 1. The minimum atomic E-state index is -0.843. The molecule has 0 bridgehead atoms. The number of imide groups is 2. The van der Waals surface area contributed by atoms with Crippen LogP contribution in [0.5, 0.6) is 11.5 Å². The summed E-state index contributed by atoms with van der Waals surface area (Å²) in [6.45, 7) is 4.06. The lowest BCUT2D eigenvalue weighted by Gasteiger charge is -2.26. The van der Waals surface area contributed by atoms with Crippen molar-refractivity contribution in [2.45, 2.75) is 13.0 Å². The standard InChI is InChI=1S/C28H22Cl2N2O5/c1-3-5-19-12-18(15-24(36-2)25(19)37-16-17-6-4-7-21(30)13-17)14-23-26(33)31-28(35)32(27(23)34)22-10-8-20(29)9-11-22/h3-4,6-15H,1,5,16H2,2H3,(H,31,33,35)/b23-14+. The summed E-state index contributed by atoms with van der Waals surface area (Å²) in [6.07, 6.45) is 3.55. The van der Waals surface area contributed by atoms with E-state index in [1.165, 1.54) is 25.3 Å². The molecule has 0 unspecified atom stereocenters. The number of benzene rings is 3. The van der Waals surface area contributed by atoms with Crippen LogP contribution in [0.4, 0.5) is 10.5 Å². The van der Waals surface area contributed by atoms with Crippen LogP contribution in [0.25, 0.3) is 6.08 Å². The zero-order chi connectivity index (χ0) is 26.5. The Balaban J connectivity index is 1.69. The van der Waals surface area contributed by atoms with Crippen LogP contribution in [0.15, 0.2) is 78.9 Å². The third-order valence-corrected chi connectivity index (χ3v) is 6.00. The maximum absolute atomic E-state index is 13.2. The predicted molar refractivity (Wildman–Crippen MR) is 143 cm³/mol. The zero-order valence-corrected chi connectivity index (χ0v) is 21.3. The van der Waals surface area contributed by atoms with Gasteiger partial charge in [0.05, 0.1) is 12.8 Å². The number of urea groups is 1. The van der Waals surface area contributed by atoms with Crippen molar-refractivity contribution in [1.82, 2.24) is 5.32 Å². The van der Waals surface area contributed by atoms with Gasteiger partial charge in [0, 0.05) is 15.6 Å². The molecule has 0 atom stereocenters. The molecule has 0 spiro atoms. The number of carbonyl (C=O) groups is 3. The molecule has 1 fully saturated rings. The smallest absolute Gasteiger partial charge is 0.335 e. The summed E-state index contributed by atoms with van der Waals surface area (Å²) >= 11 is 12.0. The van der Waals surface area contributed by atoms with E-state index in [9.17, 15) is 14.4 Å². The van der Waals surface area contributed by atoms with E-state index in [1.807, 2.05) is 12.1 Å². The van der Waals surface area contributed by atoms with E-state index >= 15 is 0 Å². The van der Waals surface area contributed by atoms with Crippen molar-refractivity contribution in [3.05, 3.63) is 106 Å². The number of carbonyl (C=O) groups excluding carboxylic acids is 3. The van der Waals surface area contributed by atoms with Crippen LogP contribution < -0.4 is 19.7 Å². The number of methoxy groups -OCH3 is 1. The van der Waals surface area contributed by atoms with Gasteiger partial charge in [-0.3, -0.25) is 14.9 Å². The van der Waals surface area contributed by atoms with Gasteiger partial charge in [-0.1, -0.05) is 41.4 Å². The van der Waals surface area contributed by atoms with Gasteiger partial charge in [0.15, 0.2) is 11.5 Å². The lowest BCUT2D eigenvalue weighted by atomic mass is 10.0. The summed E-state index contributed by atoms with van der Waals surface area (Å²) in [4.78, 5) is 39.2. The molecule has 3 aromatic carbocycles. The lowest BCUT2D eigenvalue weighted by molar-refractivity contribution is -0.122. The van der Waals surface area contributed by atoms with Crippen molar-refractivity contribution in [1.29, 1.82) is 0 Å². The van der Waals surface area contributed by atoms with Crippen LogP contribution in [0.1, 0.15) is 16.7 Å². The summed E-state index contributed by atoms with van der Waals surface area (Å²) in [5.74, 6) is -0.656. The summed E-state index contributed by atoms with van der Waals surface area (Å²) in [5, 5.41) is 3.25. The molecule has 1 heterocycles. The van der Waals surface area contributed by atoms with Crippen molar-refractivity contribution >= 4 is 52.8 Å². The van der Waals surface area contributed by atoms with Gasteiger partial charge in [0.25, 0.3) is 11.8 Å². The Labute approximate surface area is 223 Å². The number of halogens is 2. The fourth-order valence-electron chi connectivity index (χ4n) is 3.82. The minimum absolute atomic E-state index is 0.214. The number of amides is 4. The number of rotatable bonds is 8. The van der Waals surface area contributed by atoms with Crippen LogP contribution in [-0.2, 0) is 22.6 Å². The third kappa shape index (κ3) is 5.85. The fraction of sp³-hybridized carbons (Fsp3) is 0.107. The molecule has 7 nitrogen and oxygen atoms in total. The Morgan fingerprint density at radius 2 is 1.76 bits per heavy atom. The molecule has 1 aliphatic heterocycles. The number of barbiturate groups is 1. The number of hydrogen-bond acceptors (Lipinski definition) is 5. The molecular weight excluding hydrogens is 515 g/mol. The molecular formula is C28H22Cl2N2O5. The molecule has 9 heteroatoms. The average molecular weight is 537 g/mol. The van der Waals surface area contributed by atoms with Gasteiger partial charge < -0.3 is 9.47 Å². The zero-order valence-electron chi connectivity index (χ0n) is 19.8. The first kappa shape index (κ1) is 26.0. The molecule has 0 radical (unpaired) electrons. The van der Waals surface area contributed by atoms with Crippen molar-refractivity contribution in [3.8, 4) is 11.5 Å². The van der Waals surface area contributed by atoms with Gasteiger partial charge in [-0.05, 0) is 72.2 Å². The molecule has 1 saturated heterocycles. The van der Waals surface area contributed by atoms with E-state index in [0.717, 1.165) is 16.0 Å². The fourth-order valence-corrected chi connectivity index (χ4v) is 4.16. The number of ether oxygens (including phenoxy) is 2. The first-order valence-corrected chi connectivity index (χ1v) is 11.9. The molecule has 4 rings (SSSR count). The summed E-state index contributed by atoms with van der Waals surface area (Å²) in [5.41, 5.74) is 2.18. The van der Waals surface area contributed by atoms with Crippen molar-refractivity contribution in [2.75, 3.05) is 12.0 Å². The Morgan fingerprint density at radius 1 is 1.00 bits per heavy atom. The molecule has 0 aromatic heterocycles. The molecule has 1 N–H and O–H groups in total. The van der Waals surface area contributed by atoms with Crippen molar-refractivity contribution in [3.63, 3.8) is 0 Å². The van der Waals surface area contributed by atoms with Gasteiger partial charge in [0.2, 0.25) is 0 Å². The molecule has 1 aliphatic rings. The summed E-state index contributed by atoms with van der Waals surface area (Å²) < 4.78 is 11.6. The second-order valence-corrected chi connectivity index (χ2v) is 8.93. The van der Waals surface area contributed by atoms with Crippen LogP contribution in [0.2, 0.25) is 10.0 Å². The maximum atomic E-state index is 13.2. The average Bonchev–Trinajstić information content (AvgIpc) is 2.87. The maximum Gasteiger partial charge on any atom is 0.335 e. The topological polar surface area (TPSA) is 84.9 Å². The number of nitrogens with one attached hydrogen (secondary N) is 1. The Kier molecular flexibility index (Phi) is 7.96. The van der Waals surface area contributed by atoms with E-state index in [0.29, 0.717) is 33.5 Å². The Morgan fingerprint density at radius 3 is 2.43 bits per heavy atom. The Hall–Kier alpha value is -4.07.